The fourth-order valence-corrected chi connectivity index (χ4v) is 5.26. The number of allylic oxidation sites excluding steroid dienone is 2. The molecule has 196 valence electrons. The molecule has 1 aromatic carbocycles. The van der Waals surface area contributed by atoms with Crippen LogP contribution in [0.1, 0.15) is 68.9 Å². The summed E-state index contributed by atoms with van der Waals surface area (Å²) in [4.78, 5) is 40.6. The zero-order valence-electron chi connectivity index (χ0n) is 21.3. The van der Waals surface area contributed by atoms with E-state index >= 15 is 0 Å². The summed E-state index contributed by atoms with van der Waals surface area (Å²) in [6, 6.07) is 7.64. The summed E-state index contributed by atoms with van der Waals surface area (Å²) in [5, 5.41) is 13.1. The maximum absolute atomic E-state index is 13.4. The minimum absolute atomic E-state index is 0.0357. The monoisotopic (exact) mass is 496 g/mol. The molecule has 0 spiro atoms. The maximum Gasteiger partial charge on any atom is 0.305 e. The van der Waals surface area contributed by atoms with Gasteiger partial charge in [0.25, 0.3) is 0 Å². The molecule has 7 nitrogen and oxygen atoms in total. The predicted molar refractivity (Wildman–Crippen MR) is 139 cm³/mol. The Hall–Kier alpha value is -2.93. The molecule has 0 aromatic heterocycles. The zero-order chi connectivity index (χ0) is 26.0. The number of esters is 1. The van der Waals surface area contributed by atoms with Gasteiger partial charge in [-0.25, -0.2) is 0 Å². The van der Waals surface area contributed by atoms with E-state index in [9.17, 15) is 19.5 Å². The van der Waals surface area contributed by atoms with Crippen molar-refractivity contribution in [2.24, 2.45) is 5.92 Å². The maximum atomic E-state index is 13.4. The van der Waals surface area contributed by atoms with E-state index in [-0.39, 0.29) is 43.5 Å². The van der Waals surface area contributed by atoms with E-state index in [1.165, 1.54) is 0 Å². The van der Waals surface area contributed by atoms with Crippen molar-refractivity contribution in [3.63, 3.8) is 0 Å². The van der Waals surface area contributed by atoms with Gasteiger partial charge in [0.15, 0.2) is 0 Å². The third-order valence-electron chi connectivity index (χ3n) is 7.38. The molecule has 2 aliphatic rings. The molecule has 1 aromatic rings. The third-order valence-corrected chi connectivity index (χ3v) is 7.38. The van der Waals surface area contributed by atoms with Crippen molar-refractivity contribution in [2.45, 2.75) is 82.3 Å². The number of fused-ring (bicyclic) bond motifs is 1. The summed E-state index contributed by atoms with van der Waals surface area (Å²) >= 11 is 0. The minimum atomic E-state index is -0.592. The highest BCUT2D eigenvalue weighted by Crippen LogP contribution is 2.31. The fourth-order valence-electron chi connectivity index (χ4n) is 5.26. The second-order valence-corrected chi connectivity index (χ2v) is 10.1. The molecule has 0 radical (unpaired) electrons. The molecular weight excluding hydrogens is 456 g/mol. The van der Waals surface area contributed by atoms with Gasteiger partial charge in [0.2, 0.25) is 11.8 Å². The van der Waals surface area contributed by atoms with Gasteiger partial charge in [-0.1, -0.05) is 49.3 Å². The van der Waals surface area contributed by atoms with E-state index in [2.05, 4.69) is 18.5 Å². The molecule has 1 saturated carbocycles. The smallest absolute Gasteiger partial charge is 0.305 e. The molecule has 0 saturated heterocycles. The Bertz CT molecular complexity index is 937. The highest BCUT2D eigenvalue weighted by molar-refractivity contribution is 5.86. The first-order chi connectivity index (χ1) is 17.4. The van der Waals surface area contributed by atoms with Crippen LogP contribution in [0.5, 0.6) is 0 Å². The van der Waals surface area contributed by atoms with E-state index in [1.54, 1.807) is 17.1 Å². The van der Waals surface area contributed by atoms with Gasteiger partial charge in [0.1, 0.15) is 6.61 Å². The van der Waals surface area contributed by atoms with Crippen LogP contribution < -0.4 is 5.32 Å². The molecule has 3 rings (SSSR count). The van der Waals surface area contributed by atoms with Crippen molar-refractivity contribution in [2.75, 3.05) is 13.2 Å². The summed E-state index contributed by atoms with van der Waals surface area (Å²) in [6.07, 6.45) is 9.59. The Labute approximate surface area is 214 Å². The first-order valence-corrected chi connectivity index (χ1v) is 13.1. The first-order valence-electron chi connectivity index (χ1n) is 13.1. The van der Waals surface area contributed by atoms with Crippen LogP contribution in [-0.2, 0) is 32.1 Å². The van der Waals surface area contributed by atoms with Crippen LogP contribution in [-0.4, -0.2) is 52.6 Å². The average molecular weight is 497 g/mol. The number of nitrogens with one attached hydrogen (secondary N) is 1. The lowest BCUT2D eigenvalue weighted by Gasteiger charge is -2.37. The van der Waals surface area contributed by atoms with Gasteiger partial charge in [-0.3, -0.25) is 14.4 Å². The standard InChI is InChI=1S/C29H40N2O5/c1-3-5-6-14-27(34)36-21-29(15-9-10-16-29)30-28(35)23(11-4-2)18-26(33)31-19-24-13-8-7-12-22(24)17-25(31)20-32/h3-4,7-8,12-13,23,25,32H,1-2,5-6,9-11,14-21H2,(H,30,35). The molecule has 2 unspecified atom stereocenters. The number of carbonyl (C=O) groups excluding carboxylic acids is 3. The van der Waals surface area contributed by atoms with Crippen molar-refractivity contribution >= 4 is 17.8 Å². The SMILES string of the molecule is C=CCCCC(=O)OCC1(NC(=O)C(CC=C)CC(=O)N2Cc3ccccc3CC2CO)CCCC1. The van der Waals surface area contributed by atoms with E-state index in [0.717, 1.165) is 43.2 Å². The van der Waals surface area contributed by atoms with Crippen LogP contribution in [0.15, 0.2) is 49.6 Å². The lowest BCUT2D eigenvalue weighted by atomic mass is 9.91. The Morgan fingerprint density at radius 1 is 1.17 bits per heavy atom. The average Bonchev–Trinajstić information content (AvgIpc) is 3.35. The normalized spacial score (nSPS) is 19.1. The number of nitrogens with zero attached hydrogens (tertiary/aromatic N) is 1. The zero-order valence-corrected chi connectivity index (χ0v) is 21.3. The number of unbranched alkanes of at least 4 members (excludes halogenated alkanes) is 1. The van der Waals surface area contributed by atoms with E-state index in [1.807, 2.05) is 24.3 Å². The minimum Gasteiger partial charge on any atom is -0.463 e. The highest BCUT2D eigenvalue weighted by Gasteiger charge is 2.39. The number of aliphatic hydroxyl groups is 1. The van der Waals surface area contributed by atoms with Crippen LogP contribution in [0.4, 0.5) is 0 Å². The second kappa shape index (κ2) is 13.4. The topological polar surface area (TPSA) is 95.9 Å². The third kappa shape index (κ3) is 7.29. The molecule has 1 aliphatic carbocycles. The fraction of sp³-hybridized carbons (Fsp3) is 0.552. The largest absolute Gasteiger partial charge is 0.463 e. The number of carbonyl (C=O) groups is 3. The molecule has 36 heavy (non-hydrogen) atoms. The van der Waals surface area contributed by atoms with Gasteiger partial charge < -0.3 is 20.1 Å². The molecule has 2 N–H and O–H groups in total. The van der Waals surface area contributed by atoms with Crippen LogP contribution >= 0.6 is 0 Å². The molecule has 2 atom stereocenters. The summed E-state index contributed by atoms with van der Waals surface area (Å²) < 4.78 is 5.54. The number of hydrogen-bond donors (Lipinski definition) is 2. The molecule has 7 heteroatoms. The number of rotatable bonds is 13. The van der Waals surface area contributed by atoms with Crippen molar-refractivity contribution in [1.82, 2.24) is 10.2 Å². The number of hydrogen-bond acceptors (Lipinski definition) is 5. The Kier molecular flexibility index (Phi) is 10.3. The summed E-state index contributed by atoms with van der Waals surface area (Å²) in [7, 11) is 0. The molecule has 1 aliphatic heterocycles. The predicted octanol–water partition coefficient (Wildman–Crippen LogP) is 3.84. The van der Waals surface area contributed by atoms with Gasteiger partial charge in [-0.15, -0.1) is 13.2 Å². The van der Waals surface area contributed by atoms with Gasteiger partial charge >= 0.3 is 5.97 Å². The van der Waals surface area contributed by atoms with Crippen molar-refractivity contribution in [3.05, 3.63) is 60.7 Å². The van der Waals surface area contributed by atoms with Gasteiger partial charge in [-0.05, 0) is 49.7 Å². The summed E-state index contributed by atoms with van der Waals surface area (Å²) in [5.74, 6) is -1.21. The van der Waals surface area contributed by atoms with Crippen molar-refractivity contribution in [3.8, 4) is 0 Å². The number of ether oxygens (including phenoxy) is 1. The van der Waals surface area contributed by atoms with Gasteiger partial charge in [0, 0.05) is 19.4 Å². The Balaban J connectivity index is 1.64. The van der Waals surface area contributed by atoms with Crippen molar-refractivity contribution in [1.29, 1.82) is 0 Å². The van der Waals surface area contributed by atoms with Crippen LogP contribution in [0.3, 0.4) is 0 Å². The lowest BCUT2D eigenvalue weighted by Crippen LogP contribution is -2.53. The first kappa shape index (κ1) is 27.7. The van der Waals surface area contributed by atoms with Gasteiger partial charge in [0.05, 0.1) is 24.1 Å². The lowest BCUT2D eigenvalue weighted by molar-refractivity contribution is -0.147. The molecule has 1 fully saturated rings. The quantitative estimate of drug-likeness (QED) is 0.246. The Morgan fingerprint density at radius 3 is 2.56 bits per heavy atom. The Morgan fingerprint density at radius 2 is 1.89 bits per heavy atom. The van der Waals surface area contributed by atoms with Crippen LogP contribution in [0, 0.1) is 5.92 Å². The van der Waals surface area contributed by atoms with Crippen LogP contribution in [0.2, 0.25) is 0 Å². The molecular formula is C29H40N2O5. The van der Waals surface area contributed by atoms with E-state index in [4.69, 9.17) is 4.74 Å². The summed E-state index contributed by atoms with van der Waals surface area (Å²) in [5.41, 5.74) is 1.62. The molecule has 0 bridgehead atoms. The van der Waals surface area contributed by atoms with E-state index < -0.39 is 11.5 Å². The number of benzene rings is 1. The number of aliphatic hydroxyl groups excluding tert-OH is 1. The van der Waals surface area contributed by atoms with Crippen LogP contribution in [0.25, 0.3) is 0 Å². The number of amides is 2. The summed E-state index contributed by atoms with van der Waals surface area (Å²) in [6.45, 7) is 7.90. The highest BCUT2D eigenvalue weighted by atomic mass is 16.5. The van der Waals surface area contributed by atoms with Crippen molar-refractivity contribution < 1.29 is 24.2 Å². The molecule has 2 amide bonds. The molecule has 1 heterocycles. The van der Waals surface area contributed by atoms with Gasteiger partial charge in [-0.2, -0.15) is 0 Å². The van der Waals surface area contributed by atoms with E-state index in [0.29, 0.717) is 32.2 Å². The second-order valence-electron chi connectivity index (χ2n) is 10.1.